The summed E-state index contributed by atoms with van der Waals surface area (Å²) < 4.78 is 23.8. The molecule has 1 atom stereocenters. The van der Waals surface area contributed by atoms with Crippen LogP contribution in [0.15, 0.2) is 57.5 Å². The number of hydrogen-bond acceptors (Lipinski definition) is 8. The van der Waals surface area contributed by atoms with Crippen molar-refractivity contribution in [2.24, 2.45) is 4.99 Å². The van der Waals surface area contributed by atoms with Crippen LogP contribution in [0, 0.1) is 0 Å². The third kappa shape index (κ3) is 4.11. The first-order chi connectivity index (χ1) is 16.9. The maximum atomic E-state index is 13.7. The van der Waals surface area contributed by atoms with E-state index in [2.05, 4.69) is 4.99 Å². The summed E-state index contributed by atoms with van der Waals surface area (Å²) in [5, 5.41) is 0.443. The fourth-order valence-electron chi connectivity index (χ4n) is 4.21. The summed E-state index contributed by atoms with van der Waals surface area (Å²) >= 11 is 7.54. The number of rotatable bonds is 4. The molecule has 1 aromatic heterocycles. The SMILES string of the molecule is COC(=O)C1=C(C)N=c2s/c(=C\c3ccc4c(c3)OCCO4)c(=O)n2[C@H]1c1cc(Cl)ccc1OC. The maximum absolute atomic E-state index is 13.7. The summed E-state index contributed by atoms with van der Waals surface area (Å²) in [6.45, 7) is 2.68. The third-order valence-corrected chi connectivity index (χ3v) is 7.00. The first-order valence-electron chi connectivity index (χ1n) is 10.7. The van der Waals surface area contributed by atoms with Crippen LogP contribution in [-0.4, -0.2) is 38.0 Å². The van der Waals surface area contributed by atoms with Crippen LogP contribution in [0.2, 0.25) is 5.02 Å². The fourth-order valence-corrected chi connectivity index (χ4v) is 5.43. The molecule has 35 heavy (non-hydrogen) atoms. The molecule has 180 valence electrons. The van der Waals surface area contributed by atoms with Crippen LogP contribution in [-0.2, 0) is 9.53 Å². The van der Waals surface area contributed by atoms with E-state index >= 15 is 0 Å². The standard InChI is InChI=1S/C25H21ClN2O6S/c1-13-21(24(30)32-3)22(16-12-15(26)5-7-17(16)31-2)28-23(29)20(35-25(28)27-13)11-14-4-6-18-19(10-14)34-9-8-33-18/h4-7,10-12,22H,8-9H2,1-3H3/b20-11-/t22-/m0/s1. The summed E-state index contributed by atoms with van der Waals surface area (Å²) in [5.74, 6) is 1.20. The van der Waals surface area contributed by atoms with Crippen LogP contribution in [0.5, 0.6) is 17.2 Å². The minimum absolute atomic E-state index is 0.242. The first-order valence-corrected chi connectivity index (χ1v) is 11.9. The molecule has 0 saturated carbocycles. The number of nitrogens with zero attached hydrogens (tertiary/aromatic N) is 2. The van der Waals surface area contributed by atoms with Crippen LogP contribution in [0.25, 0.3) is 6.08 Å². The Hall–Kier alpha value is -3.56. The second-order valence-electron chi connectivity index (χ2n) is 7.86. The van der Waals surface area contributed by atoms with Gasteiger partial charge in [0.25, 0.3) is 5.56 Å². The fraction of sp³-hybridized carbons (Fsp3) is 0.240. The van der Waals surface area contributed by atoms with E-state index in [9.17, 15) is 9.59 Å². The third-order valence-electron chi connectivity index (χ3n) is 5.78. The number of ether oxygens (including phenoxy) is 4. The molecule has 0 spiro atoms. The van der Waals surface area contributed by atoms with Crippen molar-refractivity contribution >= 4 is 35.0 Å². The number of benzene rings is 2. The molecule has 0 N–H and O–H groups in total. The molecule has 0 saturated heterocycles. The van der Waals surface area contributed by atoms with Gasteiger partial charge in [-0.05, 0) is 48.9 Å². The normalized spacial score (nSPS) is 17.0. The monoisotopic (exact) mass is 512 g/mol. The van der Waals surface area contributed by atoms with E-state index in [1.165, 1.54) is 30.1 Å². The van der Waals surface area contributed by atoms with Crippen molar-refractivity contribution in [3.63, 3.8) is 0 Å². The molecule has 2 aliphatic heterocycles. The van der Waals surface area contributed by atoms with E-state index in [4.69, 9.17) is 30.5 Å². The van der Waals surface area contributed by atoms with Crippen molar-refractivity contribution in [1.29, 1.82) is 0 Å². The molecule has 0 unspecified atom stereocenters. The predicted molar refractivity (Wildman–Crippen MR) is 131 cm³/mol. The quantitative estimate of drug-likeness (QED) is 0.499. The number of carbonyl (C=O) groups is 1. The minimum atomic E-state index is -0.824. The van der Waals surface area contributed by atoms with Gasteiger partial charge in [0.2, 0.25) is 0 Å². The number of methoxy groups -OCH3 is 2. The second-order valence-corrected chi connectivity index (χ2v) is 9.31. The largest absolute Gasteiger partial charge is 0.496 e. The Labute approximate surface area is 209 Å². The van der Waals surface area contributed by atoms with Gasteiger partial charge in [0, 0.05) is 10.6 Å². The van der Waals surface area contributed by atoms with Crippen LogP contribution in [0.1, 0.15) is 24.1 Å². The average Bonchev–Trinajstić information content (AvgIpc) is 3.16. The molecule has 3 heterocycles. The lowest BCUT2D eigenvalue weighted by atomic mass is 9.95. The molecule has 0 radical (unpaired) electrons. The van der Waals surface area contributed by atoms with Gasteiger partial charge < -0.3 is 18.9 Å². The lowest BCUT2D eigenvalue weighted by Crippen LogP contribution is -2.40. The van der Waals surface area contributed by atoms with Crippen LogP contribution < -0.4 is 29.1 Å². The van der Waals surface area contributed by atoms with Crippen molar-refractivity contribution in [3.8, 4) is 17.2 Å². The average molecular weight is 513 g/mol. The number of aromatic nitrogens is 1. The van der Waals surface area contributed by atoms with Crippen LogP contribution in [0.4, 0.5) is 0 Å². The Kier molecular flexibility index (Phi) is 6.12. The summed E-state index contributed by atoms with van der Waals surface area (Å²) in [7, 11) is 2.81. The van der Waals surface area contributed by atoms with Gasteiger partial charge in [-0.1, -0.05) is 29.0 Å². The van der Waals surface area contributed by atoms with Crippen molar-refractivity contribution in [2.75, 3.05) is 27.4 Å². The molecule has 10 heteroatoms. The molecule has 0 fully saturated rings. The van der Waals surface area contributed by atoms with Gasteiger partial charge in [-0.15, -0.1) is 0 Å². The topological polar surface area (TPSA) is 88.4 Å². The Morgan fingerprint density at radius 1 is 1.17 bits per heavy atom. The van der Waals surface area contributed by atoms with Crippen molar-refractivity contribution < 1.29 is 23.7 Å². The number of carbonyl (C=O) groups excluding carboxylic acids is 1. The lowest BCUT2D eigenvalue weighted by Gasteiger charge is -2.25. The molecular weight excluding hydrogens is 492 g/mol. The van der Waals surface area contributed by atoms with Gasteiger partial charge in [-0.3, -0.25) is 9.36 Å². The number of esters is 1. The van der Waals surface area contributed by atoms with E-state index in [0.717, 1.165) is 5.56 Å². The Balaban J connectivity index is 1.73. The van der Waals surface area contributed by atoms with Gasteiger partial charge in [-0.25, -0.2) is 9.79 Å². The molecule has 2 aliphatic rings. The number of allylic oxidation sites excluding steroid dienone is 1. The molecule has 2 aromatic carbocycles. The number of thiazole rings is 1. The highest BCUT2D eigenvalue weighted by Crippen LogP contribution is 2.37. The molecule has 0 aliphatic carbocycles. The van der Waals surface area contributed by atoms with Gasteiger partial charge >= 0.3 is 5.97 Å². The Morgan fingerprint density at radius 2 is 1.94 bits per heavy atom. The summed E-state index contributed by atoms with van der Waals surface area (Å²) in [6.07, 6.45) is 1.77. The smallest absolute Gasteiger partial charge is 0.338 e. The first kappa shape index (κ1) is 23.2. The summed E-state index contributed by atoms with van der Waals surface area (Å²) in [5.41, 5.74) is 1.73. The van der Waals surface area contributed by atoms with Gasteiger partial charge in [-0.2, -0.15) is 0 Å². The summed E-state index contributed by atoms with van der Waals surface area (Å²) in [6, 6.07) is 9.75. The van der Waals surface area contributed by atoms with Crippen LogP contribution >= 0.6 is 22.9 Å². The number of halogens is 1. The van der Waals surface area contributed by atoms with Gasteiger partial charge in [0.15, 0.2) is 16.3 Å². The van der Waals surface area contributed by atoms with Crippen molar-refractivity contribution in [2.45, 2.75) is 13.0 Å². The predicted octanol–water partition coefficient (Wildman–Crippen LogP) is 2.84. The van der Waals surface area contributed by atoms with E-state index < -0.39 is 12.0 Å². The Bertz CT molecular complexity index is 1550. The molecule has 8 nitrogen and oxygen atoms in total. The molecular formula is C25H21ClN2O6S. The van der Waals surface area contributed by atoms with E-state index in [1.54, 1.807) is 31.2 Å². The number of hydrogen-bond donors (Lipinski definition) is 0. The van der Waals surface area contributed by atoms with Crippen molar-refractivity contribution in [3.05, 3.63) is 83.5 Å². The molecule has 3 aromatic rings. The number of fused-ring (bicyclic) bond motifs is 2. The van der Waals surface area contributed by atoms with Gasteiger partial charge in [0.1, 0.15) is 25.0 Å². The van der Waals surface area contributed by atoms with E-state index in [0.29, 0.717) is 56.1 Å². The lowest BCUT2D eigenvalue weighted by molar-refractivity contribution is -0.136. The Morgan fingerprint density at radius 3 is 2.69 bits per heavy atom. The molecule has 0 amide bonds. The van der Waals surface area contributed by atoms with Crippen molar-refractivity contribution in [1.82, 2.24) is 4.57 Å². The highest BCUT2D eigenvalue weighted by atomic mass is 35.5. The van der Waals surface area contributed by atoms with Gasteiger partial charge in [0.05, 0.1) is 30.0 Å². The highest BCUT2D eigenvalue weighted by Gasteiger charge is 2.35. The van der Waals surface area contributed by atoms with Crippen LogP contribution in [0.3, 0.4) is 0 Å². The minimum Gasteiger partial charge on any atom is -0.496 e. The van der Waals surface area contributed by atoms with E-state index in [1.807, 2.05) is 18.2 Å². The zero-order chi connectivity index (χ0) is 24.7. The maximum Gasteiger partial charge on any atom is 0.338 e. The zero-order valence-electron chi connectivity index (χ0n) is 19.2. The second kappa shape index (κ2) is 9.24. The zero-order valence-corrected chi connectivity index (χ0v) is 20.7. The van der Waals surface area contributed by atoms with E-state index in [-0.39, 0.29) is 11.1 Å². The summed E-state index contributed by atoms with van der Waals surface area (Å²) in [4.78, 5) is 31.6. The molecule has 0 bridgehead atoms. The molecule has 5 rings (SSSR count). The highest BCUT2D eigenvalue weighted by molar-refractivity contribution is 7.07.